The second kappa shape index (κ2) is 8.68. The van der Waals surface area contributed by atoms with E-state index in [1.807, 2.05) is 4.57 Å². The summed E-state index contributed by atoms with van der Waals surface area (Å²) in [6.45, 7) is 4.27. The van der Waals surface area contributed by atoms with Gasteiger partial charge < -0.3 is 0 Å². The van der Waals surface area contributed by atoms with Crippen LogP contribution in [0.25, 0.3) is 17.1 Å². The summed E-state index contributed by atoms with van der Waals surface area (Å²) in [5, 5.41) is 18.4. The summed E-state index contributed by atoms with van der Waals surface area (Å²) in [4.78, 5) is 0. The Morgan fingerprint density at radius 3 is 2.42 bits per heavy atom. The first-order valence-electron chi connectivity index (χ1n) is 8.84. The molecule has 0 saturated heterocycles. The van der Waals surface area contributed by atoms with E-state index in [0.29, 0.717) is 5.75 Å². The Balaban J connectivity index is 2.01. The van der Waals surface area contributed by atoms with Gasteiger partial charge in [0.25, 0.3) is 0 Å². The third-order valence-electron chi connectivity index (χ3n) is 4.22. The van der Waals surface area contributed by atoms with Crippen LogP contribution < -0.4 is 0 Å². The molecular weight excluding hydrogens is 340 g/mol. The minimum absolute atomic E-state index is 0.348. The lowest BCUT2D eigenvalue weighted by atomic mass is 10.1. The lowest BCUT2D eigenvalue weighted by Crippen LogP contribution is -2.00. The number of hydrogen-bond donors (Lipinski definition) is 0. The minimum atomic E-state index is 0.348. The molecule has 0 radical (unpaired) electrons. The van der Waals surface area contributed by atoms with Crippen molar-refractivity contribution in [2.75, 3.05) is 5.75 Å². The van der Waals surface area contributed by atoms with Gasteiger partial charge in [0.1, 0.15) is 0 Å². The van der Waals surface area contributed by atoms with E-state index < -0.39 is 0 Å². The number of aryl methyl sites for hydroxylation is 2. The quantitative estimate of drug-likeness (QED) is 0.542. The fourth-order valence-corrected chi connectivity index (χ4v) is 3.39. The van der Waals surface area contributed by atoms with Crippen LogP contribution in [0.4, 0.5) is 0 Å². The monoisotopic (exact) mass is 362 g/mol. The first-order chi connectivity index (χ1) is 12.7. The SMILES string of the molecule is CCCCc1ccc(-n2c(SCC#N)nnc2-c2ccc(C)cc2)cc1. The van der Waals surface area contributed by atoms with Crippen LogP contribution >= 0.6 is 11.8 Å². The molecule has 4 nitrogen and oxygen atoms in total. The van der Waals surface area contributed by atoms with Crippen molar-refractivity contribution < 1.29 is 0 Å². The Hall–Kier alpha value is -2.58. The Morgan fingerprint density at radius 2 is 1.77 bits per heavy atom. The van der Waals surface area contributed by atoms with Gasteiger partial charge in [-0.1, -0.05) is 67.1 Å². The van der Waals surface area contributed by atoms with Gasteiger partial charge in [0, 0.05) is 11.3 Å². The fourth-order valence-electron chi connectivity index (χ4n) is 2.78. The number of aromatic nitrogens is 3. The number of thioether (sulfide) groups is 1. The molecule has 0 bridgehead atoms. The zero-order valence-electron chi connectivity index (χ0n) is 15.1. The molecule has 0 unspecified atom stereocenters. The third kappa shape index (κ3) is 4.14. The third-order valence-corrected chi connectivity index (χ3v) is 5.02. The van der Waals surface area contributed by atoms with Crippen LogP contribution in [0.3, 0.4) is 0 Å². The van der Waals surface area contributed by atoms with Crippen molar-refractivity contribution in [2.45, 2.75) is 38.3 Å². The number of benzene rings is 2. The van der Waals surface area contributed by atoms with Crippen LogP contribution in [0.5, 0.6) is 0 Å². The molecule has 132 valence electrons. The maximum atomic E-state index is 8.93. The average molecular weight is 363 g/mol. The highest BCUT2D eigenvalue weighted by molar-refractivity contribution is 7.99. The summed E-state index contributed by atoms with van der Waals surface area (Å²) in [6.07, 6.45) is 3.49. The summed E-state index contributed by atoms with van der Waals surface area (Å²) in [7, 11) is 0. The normalized spacial score (nSPS) is 10.7. The van der Waals surface area contributed by atoms with Gasteiger partial charge in [-0.3, -0.25) is 4.57 Å². The van der Waals surface area contributed by atoms with Crippen molar-refractivity contribution >= 4 is 11.8 Å². The highest BCUT2D eigenvalue weighted by atomic mass is 32.2. The number of unbranched alkanes of at least 4 members (excludes halogenated alkanes) is 1. The molecule has 1 heterocycles. The van der Waals surface area contributed by atoms with Crippen molar-refractivity contribution in [3.63, 3.8) is 0 Å². The lowest BCUT2D eigenvalue weighted by molar-refractivity contribution is 0.794. The highest BCUT2D eigenvalue weighted by Gasteiger charge is 2.16. The van der Waals surface area contributed by atoms with E-state index in [0.717, 1.165) is 28.7 Å². The molecule has 3 rings (SSSR count). The maximum absolute atomic E-state index is 8.93. The Bertz CT molecular complexity index is 889. The second-order valence-corrected chi connectivity index (χ2v) is 7.17. The predicted octanol–water partition coefficient (Wildman–Crippen LogP) is 5.20. The Kier molecular flexibility index (Phi) is 6.08. The van der Waals surface area contributed by atoms with Gasteiger partial charge in [0.15, 0.2) is 11.0 Å². The molecule has 3 aromatic rings. The lowest BCUT2D eigenvalue weighted by Gasteiger charge is -2.11. The molecule has 0 aliphatic carbocycles. The zero-order valence-corrected chi connectivity index (χ0v) is 16.0. The molecule has 0 amide bonds. The van der Waals surface area contributed by atoms with Crippen LogP contribution in [-0.4, -0.2) is 20.5 Å². The number of nitriles is 1. The molecule has 26 heavy (non-hydrogen) atoms. The van der Waals surface area contributed by atoms with E-state index in [1.165, 1.54) is 35.7 Å². The number of nitrogens with zero attached hydrogens (tertiary/aromatic N) is 4. The van der Waals surface area contributed by atoms with E-state index in [1.54, 1.807) is 0 Å². The van der Waals surface area contributed by atoms with E-state index in [4.69, 9.17) is 5.26 Å². The van der Waals surface area contributed by atoms with Gasteiger partial charge in [0.2, 0.25) is 0 Å². The highest BCUT2D eigenvalue weighted by Crippen LogP contribution is 2.28. The summed E-state index contributed by atoms with van der Waals surface area (Å²) >= 11 is 1.41. The fraction of sp³-hybridized carbons (Fsp3) is 0.286. The molecule has 0 aliphatic rings. The van der Waals surface area contributed by atoms with Crippen LogP contribution in [0.15, 0.2) is 53.7 Å². The number of hydrogen-bond acceptors (Lipinski definition) is 4. The standard InChI is InChI=1S/C21H22N4S/c1-3-4-5-17-8-12-19(13-9-17)25-20(18-10-6-16(2)7-11-18)23-24-21(25)26-15-14-22/h6-13H,3-5,15H2,1-2H3. The zero-order chi connectivity index (χ0) is 18.4. The molecule has 0 spiro atoms. The molecular formula is C21H22N4S. The van der Waals surface area contributed by atoms with E-state index in [-0.39, 0.29) is 0 Å². The molecule has 0 aliphatic heterocycles. The molecule has 0 saturated carbocycles. The Morgan fingerprint density at radius 1 is 1.04 bits per heavy atom. The van der Waals surface area contributed by atoms with Crippen molar-refractivity contribution in [2.24, 2.45) is 0 Å². The molecule has 1 aromatic heterocycles. The first-order valence-corrected chi connectivity index (χ1v) is 9.83. The molecule has 5 heteroatoms. The average Bonchev–Trinajstić information content (AvgIpc) is 3.09. The predicted molar refractivity (Wildman–Crippen MR) is 106 cm³/mol. The van der Waals surface area contributed by atoms with Gasteiger partial charge in [-0.15, -0.1) is 10.2 Å². The minimum Gasteiger partial charge on any atom is -0.270 e. The van der Waals surface area contributed by atoms with Gasteiger partial charge in [0.05, 0.1) is 11.8 Å². The number of rotatable bonds is 7. The van der Waals surface area contributed by atoms with E-state index in [2.05, 4.69) is 78.6 Å². The molecule has 2 aromatic carbocycles. The van der Waals surface area contributed by atoms with Gasteiger partial charge in [-0.25, -0.2) is 0 Å². The van der Waals surface area contributed by atoms with Crippen LogP contribution in [0.1, 0.15) is 30.9 Å². The van der Waals surface area contributed by atoms with Gasteiger partial charge in [-0.2, -0.15) is 5.26 Å². The largest absolute Gasteiger partial charge is 0.270 e. The van der Waals surface area contributed by atoms with Crippen LogP contribution in [0, 0.1) is 18.3 Å². The molecule has 0 fully saturated rings. The molecule has 0 atom stereocenters. The Labute approximate surface area is 158 Å². The summed E-state index contributed by atoms with van der Waals surface area (Å²) in [5.41, 5.74) is 4.58. The maximum Gasteiger partial charge on any atom is 0.197 e. The summed E-state index contributed by atoms with van der Waals surface area (Å²) < 4.78 is 2.04. The van der Waals surface area contributed by atoms with Crippen LogP contribution in [-0.2, 0) is 6.42 Å². The second-order valence-electron chi connectivity index (χ2n) is 6.22. The van der Waals surface area contributed by atoms with E-state index >= 15 is 0 Å². The van der Waals surface area contributed by atoms with Crippen LogP contribution in [0.2, 0.25) is 0 Å². The topological polar surface area (TPSA) is 54.5 Å². The first kappa shape index (κ1) is 18.2. The summed E-state index contributed by atoms with van der Waals surface area (Å²) in [6, 6.07) is 19.0. The van der Waals surface area contributed by atoms with E-state index in [9.17, 15) is 0 Å². The summed E-state index contributed by atoms with van der Waals surface area (Å²) in [5.74, 6) is 1.15. The van der Waals surface area contributed by atoms with Gasteiger partial charge in [-0.05, 0) is 37.5 Å². The van der Waals surface area contributed by atoms with Gasteiger partial charge >= 0.3 is 0 Å². The molecule has 0 N–H and O–H groups in total. The van der Waals surface area contributed by atoms with Crippen molar-refractivity contribution in [1.29, 1.82) is 5.26 Å². The van der Waals surface area contributed by atoms with Crippen molar-refractivity contribution in [1.82, 2.24) is 14.8 Å². The van der Waals surface area contributed by atoms with Crippen molar-refractivity contribution in [3.8, 4) is 23.1 Å². The smallest absolute Gasteiger partial charge is 0.197 e. The van der Waals surface area contributed by atoms with Crippen molar-refractivity contribution in [3.05, 3.63) is 59.7 Å².